The average Bonchev–Trinajstić information content (AvgIpc) is 2.92. The fraction of sp³-hybridized carbons (Fsp3) is 0.469. The second-order valence-electron chi connectivity index (χ2n) is 10.7. The molecule has 0 aromatic heterocycles. The molecule has 1 aliphatic rings. The Morgan fingerprint density at radius 1 is 1.12 bits per heavy atom. The van der Waals surface area contributed by atoms with Crippen LogP contribution in [0.25, 0.3) is 0 Å². The van der Waals surface area contributed by atoms with Gasteiger partial charge in [-0.1, -0.05) is 73.9 Å². The topological polar surface area (TPSA) is 114 Å². The molecular weight excluding hydrogens is 541 g/mol. The SMILES string of the molecule is C=C(C)[C@@H]1CCC(C)=C[C@H]1c1c(O)cc(CCCCC)cc1OC(=O)NCCCOP(=O)(O)OCc1ccccc1. The molecule has 0 saturated heterocycles. The molecule has 3 N–H and O–H groups in total. The van der Waals surface area contributed by atoms with Gasteiger partial charge in [-0.25, -0.2) is 9.36 Å². The van der Waals surface area contributed by atoms with E-state index in [9.17, 15) is 19.4 Å². The number of aromatic hydroxyl groups is 1. The Balaban J connectivity index is 1.62. The lowest BCUT2D eigenvalue weighted by Gasteiger charge is -2.32. The van der Waals surface area contributed by atoms with Crippen molar-refractivity contribution in [3.05, 3.63) is 83.0 Å². The van der Waals surface area contributed by atoms with Gasteiger partial charge in [-0.05, 0) is 75.1 Å². The highest BCUT2D eigenvalue weighted by Crippen LogP contribution is 2.47. The smallest absolute Gasteiger partial charge is 0.472 e. The molecule has 1 aliphatic carbocycles. The summed E-state index contributed by atoms with van der Waals surface area (Å²) in [6.07, 6.45) is 7.51. The summed E-state index contributed by atoms with van der Waals surface area (Å²) >= 11 is 0. The molecule has 8 nitrogen and oxygen atoms in total. The Morgan fingerprint density at radius 3 is 2.59 bits per heavy atom. The zero-order valence-electron chi connectivity index (χ0n) is 24.4. The Kier molecular flexibility index (Phi) is 12.7. The normalized spacial score (nSPS) is 18.3. The van der Waals surface area contributed by atoms with Crippen molar-refractivity contribution in [3.63, 3.8) is 0 Å². The van der Waals surface area contributed by atoms with Gasteiger partial charge in [0.25, 0.3) is 0 Å². The molecule has 0 radical (unpaired) electrons. The Morgan fingerprint density at radius 2 is 1.88 bits per heavy atom. The lowest BCUT2D eigenvalue weighted by molar-refractivity contribution is 0.142. The molecule has 2 aromatic carbocycles. The van der Waals surface area contributed by atoms with Crippen molar-refractivity contribution < 1.29 is 33.1 Å². The van der Waals surface area contributed by atoms with Crippen LogP contribution in [-0.2, 0) is 26.6 Å². The first-order valence-electron chi connectivity index (χ1n) is 14.4. The van der Waals surface area contributed by atoms with Gasteiger partial charge in [0.2, 0.25) is 0 Å². The lowest BCUT2D eigenvalue weighted by Crippen LogP contribution is -2.29. The van der Waals surface area contributed by atoms with Crippen molar-refractivity contribution in [2.75, 3.05) is 13.2 Å². The molecule has 3 rings (SSSR count). The average molecular weight is 586 g/mol. The Labute approximate surface area is 244 Å². The van der Waals surface area contributed by atoms with Crippen molar-refractivity contribution in [1.29, 1.82) is 0 Å². The molecule has 1 amide bonds. The summed E-state index contributed by atoms with van der Waals surface area (Å²) in [5.41, 5.74) is 4.50. The quantitative estimate of drug-likeness (QED) is 0.110. The van der Waals surface area contributed by atoms with Gasteiger partial charge in [0.05, 0.1) is 13.2 Å². The van der Waals surface area contributed by atoms with Crippen molar-refractivity contribution in [2.24, 2.45) is 5.92 Å². The van der Waals surface area contributed by atoms with E-state index in [1.54, 1.807) is 18.2 Å². The fourth-order valence-corrected chi connectivity index (χ4v) is 5.81. The molecule has 0 heterocycles. The maximum Gasteiger partial charge on any atom is 0.472 e. The third-order valence-corrected chi connectivity index (χ3v) is 8.21. The van der Waals surface area contributed by atoms with E-state index in [1.165, 1.54) is 5.57 Å². The van der Waals surface area contributed by atoms with Gasteiger partial charge in [0.1, 0.15) is 11.5 Å². The van der Waals surface area contributed by atoms with Gasteiger partial charge in [-0.15, -0.1) is 0 Å². The van der Waals surface area contributed by atoms with Crippen molar-refractivity contribution in [1.82, 2.24) is 5.32 Å². The van der Waals surface area contributed by atoms with E-state index in [-0.39, 0.29) is 43.8 Å². The van der Waals surface area contributed by atoms with E-state index in [2.05, 4.69) is 31.8 Å². The van der Waals surface area contributed by atoms with Crippen LogP contribution in [0.1, 0.15) is 81.9 Å². The first-order valence-corrected chi connectivity index (χ1v) is 15.9. The van der Waals surface area contributed by atoms with Crippen LogP contribution in [0.3, 0.4) is 0 Å². The monoisotopic (exact) mass is 585 g/mol. The summed E-state index contributed by atoms with van der Waals surface area (Å²) in [4.78, 5) is 22.7. The predicted octanol–water partition coefficient (Wildman–Crippen LogP) is 7.95. The van der Waals surface area contributed by atoms with Crippen LogP contribution in [0.4, 0.5) is 4.79 Å². The highest BCUT2D eigenvalue weighted by molar-refractivity contribution is 7.47. The predicted molar refractivity (Wildman–Crippen MR) is 161 cm³/mol. The van der Waals surface area contributed by atoms with Crippen LogP contribution in [0, 0.1) is 5.92 Å². The van der Waals surface area contributed by atoms with E-state index in [0.717, 1.165) is 55.2 Å². The number of benzene rings is 2. The first-order chi connectivity index (χ1) is 19.6. The van der Waals surface area contributed by atoms with Crippen LogP contribution in [0.15, 0.2) is 66.3 Å². The van der Waals surface area contributed by atoms with Gasteiger partial charge in [-0.2, -0.15) is 0 Å². The van der Waals surface area contributed by atoms with E-state index >= 15 is 0 Å². The number of aryl methyl sites for hydroxylation is 1. The molecule has 3 atom stereocenters. The van der Waals surface area contributed by atoms with Gasteiger partial charge < -0.3 is 20.1 Å². The number of nitrogens with one attached hydrogen (secondary N) is 1. The van der Waals surface area contributed by atoms with Gasteiger partial charge in [-0.3, -0.25) is 9.05 Å². The number of amides is 1. The number of phenolic OH excluding ortho intramolecular Hbond substituents is 1. The minimum Gasteiger partial charge on any atom is -0.507 e. The number of ether oxygens (including phenoxy) is 1. The summed E-state index contributed by atoms with van der Waals surface area (Å²) < 4.78 is 28.0. The number of allylic oxidation sites excluding steroid dienone is 3. The summed E-state index contributed by atoms with van der Waals surface area (Å²) in [6.45, 7) is 10.4. The molecule has 1 unspecified atom stereocenters. The molecule has 0 bridgehead atoms. The minimum atomic E-state index is -4.23. The number of phosphoric acid groups is 1. The van der Waals surface area contributed by atoms with Crippen LogP contribution < -0.4 is 10.1 Å². The fourth-order valence-electron chi connectivity index (χ4n) is 5.06. The highest BCUT2D eigenvalue weighted by Gasteiger charge is 2.31. The van der Waals surface area contributed by atoms with Crippen LogP contribution in [-0.4, -0.2) is 29.2 Å². The maximum atomic E-state index is 12.8. The van der Waals surface area contributed by atoms with Gasteiger partial charge in [0.15, 0.2) is 0 Å². The number of hydrogen-bond acceptors (Lipinski definition) is 6. The Bertz CT molecular complexity index is 1240. The minimum absolute atomic E-state index is 0.0478. The molecule has 2 aromatic rings. The molecule has 0 fully saturated rings. The zero-order chi connectivity index (χ0) is 29.8. The second-order valence-corrected chi connectivity index (χ2v) is 12.2. The number of carbonyl (C=O) groups is 1. The van der Waals surface area contributed by atoms with E-state index < -0.39 is 13.9 Å². The van der Waals surface area contributed by atoms with Crippen molar-refractivity contribution in [2.45, 2.75) is 78.2 Å². The molecule has 41 heavy (non-hydrogen) atoms. The number of hydrogen-bond donors (Lipinski definition) is 3. The van der Waals surface area contributed by atoms with Crippen LogP contribution in [0.5, 0.6) is 11.5 Å². The number of unbranched alkanes of at least 4 members (excludes halogenated alkanes) is 2. The van der Waals surface area contributed by atoms with Crippen LogP contribution >= 0.6 is 7.82 Å². The number of phosphoric ester groups is 1. The summed E-state index contributed by atoms with van der Waals surface area (Å²) in [5, 5.41) is 13.8. The molecule has 224 valence electrons. The third kappa shape index (κ3) is 10.5. The highest BCUT2D eigenvalue weighted by atomic mass is 31.2. The molecule has 9 heteroatoms. The summed E-state index contributed by atoms with van der Waals surface area (Å²) in [6, 6.07) is 12.7. The van der Waals surface area contributed by atoms with Crippen LogP contribution in [0.2, 0.25) is 0 Å². The van der Waals surface area contributed by atoms with Gasteiger partial charge >= 0.3 is 13.9 Å². The molecule has 0 spiro atoms. The first kappa shape index (κ1) is 32.6. The standard InChI is InChI=1S/C32H44NO7P/c1-5-6-8-14-26-20-29(34)31(28-19-24(4)15-16-27(28)23(2)3)30(21-26)40-32(35)33-17-11-18-38-41(36,37)39-22-25-12-9-7-10-13-25/h7,9-10,12-13,19-21,27-28,34H,2,5-6,8,11,14-18,22H2,1,3-4H3,(H,33,35)(H,36,37)/t27-,28+/m0/s1. The van der Waals surface area contributed by atoms with Crippen molar-refractivity contribution in [3.8, 4) is 11.5 Å². The largest absolute Gasteiger partial charge is 0.507 e. The molecule has 0 aliphatic heterocycles. The third-order valence-electron chi connectivity index (χ3n) is 7.25. The Hall–Kier alpha value is -2.90. The number of rotatable bonds is 15. The summed E-state index contributed by atoms with van der Waals surface area (Å²) in [5.74, 6) is 0.418. The maximum absolute atomic E-state index is 12.8. The second kappa shape index (κ2) is 15.9. The number of carbonyl (C=O) groups excluding carboxylic acids is 1. The zero-order valence-corrected chi connectivity index (χ0v) is 25.3. The van der Waals surface area contributed by atoms with E-state index in [0.29, 0.717) is 11.3 Å². The van der Waals surface area contributed by atoms with E-state index in [1.807, 2.05) is 31.2 Å². The number of phenols is 1. The van der Waals surface area contributed by atoms with Crippen molar-refractivity contribution >= 4 is 13.9 Å². The van der Waals surface area contributed by atoms with Gasteiger partial charge in [0, 0.05) is 18.0 Å². The lowest BCUT2D eigenvalue weighted by atomic mass is 9.73. The summed E-state index contributed by atoms with van der Waals surface area (Å²) in [7, 11) is -4.23. The van der Waals surface area contributed by atoms with E-state index in [4.69, 9.17) is 13.8 Å². The molecular formula is C32H44NO7P. The molecule has 0 saturated carbocycles.